The molecule has 3 N–H and O–H groups in total. The van der Waals surface area contributed by atoms with Crippen LogP contribution in [0.25, 0.3) is 0 Å². The number of hydrogen-bond donors (Lipinski definition) is 2. The van der Waals surface area contributed by atoms with Crippen LogP contribution in [-0.2, 0) is 12.0 Å². The quantitative estimate of drug-likeness (QED) is 0.670. The third-order valence-corrected chi connectivity index (χ3v) is 3.07. The van der Waals surface area contributed by atoms with Gasteiger partial charge in [-0.05, 0) is 17.7 Å². The lowest BCUT2D eigenvalue weighted by Gasteiger charge is -2.18. The number of halogens is 1. The molecule has 0 atom stereocenters. The predicted octanol–water partition coefficient (Wildman–Crippen LogP) is 3.29. The Morgan fingerprint density at radius 3 is 2.43 bits per heavy atom. The molecular formula is C15H19ClN4O. The average molecular weight is 307 g/mol. The van der Waals surface area contributed by atoms with E-state index in [9.17, 15) is 0 Å². The molecular weight excluding hydrogens is 288 g/mol. The Morgan fingerprint density at radius 2 is 1.86 bits per heavy atom. The maximum atomic E-state index is 5.86. The van der Waals surface area contributed by atoms with Crippen LogP contribution < -0.4 is 16.0 Å². The Balaban J connectivity index is 2.17. The molecule has 1 heterocycles. The van der Waals surface area contributed by atoms with Crippen molar-refractivity contribution in [1.82, 2.24) is 9.97 Å². The Morgan fingerprint density at radius 1 is 1.19 bits per heavy atom. The van der Waals surface area contributed by atoms with Gasteiger partial charge in [-0.15, -0.1) is 0 Å². The molecule has 1 aromatic heterocycles. The van der Waals surface area contributed by atoms with Gasteiger partial charge < -0.3 is 10.2 Å². The fraction of sp³-hybridized carbons (Fsp3) is 0.333. The van der Waals surface area contributed by atoms with E-state index in [1.165, 1.54) is 0 Å². The lowest BCUT2D eigenvalue weighted by Crippen LogP contribution is -2.19. The molecule has 0 bridgehead atoms. The average Bonchev–Trinajstić information content (AvgIpc) is 2.45. The first-order valence-electron chi connectivity index (χ1n) is 6.62. The highest BCUT2D eigenvalue weighted by Crippen LogP contribution is 2.23. The van der Waals surface area contributed by atoms with Crippen molar-refractivity contribution in [2.45, 2.75) is 32.8 Å². The molecule has 0 aliphatic heterocycles. The molecule has 0 aliphatic carbocycles. The van der Waals surface area contributed by atoms with E-state index in [1.807, 2.05) is 45.0 Å². The monoisotopic (exact) mass is 306 g/mol. The van der Waals surface area contributed by atoms with Gasteiger partial charge in [-0.2, -0.15) is 4.98 Å². The summed E-state index contributed by atoms with van der Waals surface area (Å²) < 4.78 is 5.72. The number of hydrogen-bond acceptors (Lipinski definition) is 5. The summed E-state index contributed by atoms with van der Waals surface area (Å²) in [6, 6.07) is 9.15. The van der Waals surface area contributed by atoms with Crippen LogP contribution >= 0.6 is 11.6 Å². The Hall–Kier alpha value is -1.85. The third-order valence-electron chi connectivity index (χ3n) is 2.82. The van der Waals surface area contributed by atoms with E-state index in [1.54, 1.807) is 6.07 Å². The maximum absolute atomic E-state index is 5.86. The van der Waals surface area contributed by atoms with Gasteiger partial charge in [-0.1, -0.05) is 44.5 Å². The number of anilines is 1. The van der Waals surface area contributed by atoms with E-state index in [4.69, 9.17) is 22.2 Å². The van der Waals surface area contributed by atoms with Crippen LogP contribution in [0.5, 0.6) is 5.88 Å². The van der Waals surface area contributed by atoms with Gasteiger partial charge in [0.25, 0.3) is 0 Å². The van der Waals surface area contributed by atoms with E-state index in [-0.39, 0.29) is 5.41 Å². The zero-order valence-corrected chi connectivity index (χ0v) is 13.1. The second kappa shape index (κ2) is 6.28. The van der Waals surface area contributed by atoms with Crippen LogP contribution in [0.4, 0.5) is 5.82 Å². The summed E-state index contributed by atoms with van der Waals surface area (Å²) >= 11 is 5.86. The number of nitrogens with zero attached hydrogens (tertiary/aromatic N) is 2. The minimum absolute atomic E-state index is 0.189. The summed E-state index contributed by atoms with van der Waals surface area (Å²) in [5, 5.41) is 0.699. The molecule has 5 nitrogen and oxygen atoms in total. The van der Waals surface area contributed by atoms with E-state index >= 15 is 0 Å². The lowest BCUT2D eigenvalue weighted by molar-refractivity contribution is 0.290. The first kappa shape index (κ1) is 15.5. The van der Waals surface area contributed by atoms with Crippen molar-refractivity contribution in [1.29, 1.82) is 0 Å². The number of ether oxygens (including phenoxy) is 1. The van der Waals surface area contributed by atoms with Crippen molar-refractivity contribution in [2.24, 2.45) is 5.84 Å². The molecule has 6 heteroatoms. The highest BCUT2D eigenvalue weighted by molar-refractivity contribution is 6.30. The van der Waals surface area contributed by atoms with Gasteiger partial charge in [-0.25, -0.2) is 10.8 Å². The topological polar surface area (TPSA) is 73.1 Å². The molecule has 0 unspecified atom stereocenters. The fourth-order valence-electron chi connectivity index (χ4n) is 1.65. The summed E-state index contributed by atoms with van der Waals surface area (Å²) in [7, 11) is 0. The zero-order valence-electron chi connectivity index (χ0n) is 12.4. The van der Waals surface area contributed by atoms with Gasteiger partial charge in [0.05, 0.1) is 0 Å². The Bertz CT molecular complexity index is 608. The van der Waals surface area contributed by atoms with Crippen molar-refractivity contribution in [2.75, 3.05) is 5.43 Å². The summed E-state index contributed by atoms with van der Waals surface area (Å²) in [4.78, 5) is 8.78. The largest absolute Gasteiger partial charge is 0.473 e. The Kier molecular flexibility index (Phi) is 4.65. The molecule has 112 valence electrons. The second-order valence-electron chi connectivity index (χ2n) is 5.72. The first-order chi connectivity index (χ1) is 9.88. The third kappa shape index (κ3) is 4.31. The van der Waals surface area contributed by atoms with E-state index in [0.29, 0.717) is 29.2 Å². The highest BCUT2D eigenvalue weighted by atomic mass is 35.5. The molecule has 0 amide bonds. The summed E-state index contributed by atoms with van der Waals surface area (Å²) in [5.74, 6) is 7.13. The number of hydrazine groups is 1. The van der Waals surface area contributed by atoms with Crippen LogP contribution in [0.1, 0.15) is 32.2 Å². The van der Waals surface area contributed by atoms with Crippen molar-refractivity contribution in [3.05, 3.63) is 46.7 Å². The number of nitrogens with two attached hydrogens (primary N) is 1. The van der Waals surface area contributed by atoms with Gasteiger partial charge in [0.1, 0.15) is 18.2 Å². The zero-order chi connectivity index (χ0) is 15.5. The number of aromatic nitrogens is 2. The molecule has 2 aromatic rings. The summed E-state index contributed by atoms with van der Waals surface area (Å²) in [5.41, 5.74) is 3.36. The standard InChI is InChI=1S/C15H19ClN4O/c1-15(2,3)14-18-12(20-17)8-13(19-14)21-9-10-4-6-11(16)7-5-10/h4-8H,9,17H2,1-3H3,(H,18,19,20). The first-order valence-corrected chi connectivity index (χ1v) is 7.00. The van der Waals surface area contributed by atoms with Crippen molar-refractivity contribution < 1.29 is 4.74 Å². The molecule has 0 spiro atoms. The molecule has 0 saturated carbocycles. The summed E-state index contributed by atoms with van der Waals surface area (Å²) in [6.07, 6.45) is 0. The van der Waals surface area contributed by atoms with Crippen molar-refractivity contribution in [3.8, 4) is 5.88 Å². The number of benzene rings is 1. The van der Waals surface area contributed by atoms with Crippen LogP contribution in [0.15, 0.2) is 30.3 Å². The van der Waals surface area contributed by atoms with Crippen LogP contribution in [0, 0.1) is 0 Å². The Labute approximate surface area is 129 Å². The van der Waals surface area contributed by atoms with Gasteiger partial charge >= 0.3 is 0 Å². The molecule has 0 aliphatic rings. The molecule has 21 heavy (non-hydrogen) atoms. The van der Waals surface area contributed by atoms with E-state index < -0.39 is 0 Å². The maximum Gasteiger partial charge on any atom is 0.219 e. The normalized spacial score (nSPS) is 11.3. The van der Waals surface area contributed by atoms with Gasteiger partial charge in [0.15, 0.2) is 0 Å². The smallest absolute Gasteiger partial charge is 0.219 e. The molecule has 2 rings (SSSR count). The number of rotatable bonds is 4. The minimum atomic E-state index is -0.189. The van der Waals surface area contributed by atoms with Crippen LogP contribution in [0.3, 0.4) is 0 Å². The number of nitrogens with one attached hydrogen (secondary N) is 1. The fourth-order valence-corrected chi connectivity index (χ4v) is 1.77. The highest BCUT2D eigenvalue weighted by Gasteiger charge is 2.19. The van der Waals surface area contributed by atoms with Crippen LogP contribution in [0.2, 0.25) is 5.02 Å². The summed E-state index contributed by atoms with van der Waals surface area (Å²) in [6.45, 7) is 6.50. The molecule has 0 fully saturated rings. The van der Waals surface area contributed by atoms with E-state index in [0.717, 1.165) is 5.56 Å². The number of nitrogen functional groups attached to an aromatic ring is 1. The molecule has 0 radical (unpaired) electrons. The SMILES string of the molecule is CC(C)(C)c1nc(NN)cc(OCc2ccc(Cl)cc2)n1. The minimum Gasteiger partial charge on any atom is -0.473 e. The molecule has 0 saturated heterocycles. The lowest BCUT2D eigenvalue weighted by atomic mass is 9.96. The van der Waals surface area contributed by atoms with Crippen molar-refractivity contribution >= 4 is 17.4 Å². The predicted molar refractivity (Wildman–Crippen MR) is 84.3 cm³/mol. The van der Waals surface area contributed by atoms with Gasteiger partial charge in [0.2, 0.25) is 5.88 Å². The second-order valence-corrected chi connectivity index (χ2v) is 6.16. The van der Waals surface area contributed by atoms with Crippen LogP contribution in [-0.4, -0.2) is 9.97 Å². The van der Waals surface area contributed by atoms with Crippen molar-refractivity contribution in [3.63, 3.8) is 0 Å². The van der Waals surface area contributed by atoms with Gasteiger partial charge in [-0.3, -0.25) is 0 Å². The van der Waals surface area contributed by atoms with E-state index in [2.05, 4.69) is 15.4 Å². The van der Waals surface area contributed by atoms with Gasteiger partial charge in [0, 0.05) is 16.5 Å². The molecule has 1 aromatic carbocycles.